The molecule has 82 valence electrons. The summed E-state index contributed by atoms with van der Waals surface area (Å²) < 4.78 is 0. The highest BCUT2D eigenvalue weighted by molar-refractivity contribution is 4.83. The molecule has 0 saturated carbocycles. The van der Waals surface area contributed by atoms with Gasteiger partial charge in [-0.25, -0.2) is 0 Å². The lowest BCUT2D eigenvalue weighted by atomic mass is 9.88. The summed E-state index contributed by atoms with van der Waals surface area (Å²) in [7, 11) is 0. The van der Waals surface area contributed by atoms with Crippen molar-refractivity contribution in [2.24, 2.45) is 5.41 Å². The van der Waals surface area contributed by atoms with Crippen LogP contribution in [0.1, 0.15) is 40.0 Å². The Morgan fingerprint density at radius 2 is 2.14 bits per heavy atom. The number of nitrogens with one attached hydrogen (secondary N) is 1. The van der Waals surface area contributed by atoms with Gasteiger partial charge < -0.3 is 10.4 Å². The monoisotopic (exact) mass is 198 g/mol. The van der Waals surface area contributed by atoms with Crippen molar-refractivity contribution in [1.29, 1.82) is 5.26 Å². The van der Waals surface area contributed by atoms with E-state index in [4.69, 9.17) is 5.26 Å². The van der Waals surface area contributed by atoms with Crippen LogP contribution in [0, 0.1) is 16.7 Å². The first-order valence-electron chi connectivity index (χ1n) is 5.33. The van der Waals surface area contributed by atoms with E-state index >= 15 is 0 Å². The van der Waals surface area contributed by atoms with Crippen LogP contribution in [0.25, 0.3) is 0 Å². The zero-order chi connectivity index (χ0) is 11.0. The Bertz CT molecular complexity index is 182. The van der Waals surface area contributed by atoms with Gasteiger partial charge in [0.05, 0.1) is 12.5 Å². The van der Waals surface area contributed by atoms with E-state index in [1.165, 1.54) is 0 Å². The molecule has 0 aliphatic heterocycles. The molecule has 0 aromatic heterocycles. The lowest BCUT2D eigenvalue weighted by molar-refractivity contribution is 0.131. The summed E-state index contributed by atoms with van der Waals surface area (Å²) >= 11 is 0. The highest BCUT2D eigenvalue weighted by atomic mass is 16.3. The zero-order valence-electron chi connectivity index (χ0n) is 9.51. The molecule has 0 radical (unpaired) electrons. The first kappa shape index (κ1) is 13.4. The van der Waals surface area contributed by atoms with Crippen LogP contribution in [-0.4, -0.2) is 24.3 Å². The third kappa shape index (κ3) is 4.59. The van der Waals surface area contributed by atoms with Gasteiger partial charge in [0.15, 0.2) is 0 Å². The predicted molar refractivity (Wildman–Crippen MR) is 57.8 cm³/mol. The van der Waals surface area contributed by atoms with Gasteiger partial charge in [-0.05, 0) is 12.8 Å². The minimum atomic E-state index is -0.0527. The molecule has 0 spiro atoms. The molecule has 0 aromatic carbocycles. The SMILES string of the molecule is CCC(CC#N)NCC(C)(CC)CO. The number of rotatable bonds is 7. The number of hydrogen-bond acceptors (Lipinski definition) is 3. The molecule has 0 amide bonds. The molecule has 14 heavy (non-hydrogen) atoms. The maximum Gasteiger partial charge on any atom is 0.0638 e. The van der Waals surface area contributed by atoms with Crippen LogP contribution in [0.15, 0.2) is 0 Å². The highest BCUT2D eigenvalue weighted by Crippen LogP contribution is 2.18. The molecule has 2 unspecified atom stereocenters. The summed E-state index contributed by atoms with van der Waals surface area (Å²) in [6.07, 6.45) is 2.44. The summed E-state index contributed by atoms with van der Waals surface area (Å²) in [4.78, 5) is 0. The summed E-state index contributed by atoms with van der Waals surface area (Å²) in [5.41, 5.74) is -0.0527. The molecule has 3 heteroatoms. The van der Waals surface area contributed by atoms with Crippen molar-refractivity contribution in [2.45, 2.75) is 46.1 Å². The fraction of sp³-hybridized carbons (Fsp3) is 0.909. The van der Waals surface area contributed by atoms with E-state index in [0.717, 1.165) is 19.4 Å². The van der Waals surface area contributed by atoms with Crippen molar-refractivity contribution in [1.82, 2.24) is 5.32 Å². The van der Waals surface area contributed by atoms with Crippen molar-refractivity contribution in [2.75, 3.05) is 13.2 Å². The van der Waals surface area contributed by atoms with Gasteiger partial charge in [0.1, 0.15) is 0 Å². The minimum Gasteiger partial charge on any atom is -0.396 e. The van der Waals surface area contributed by atoms with Gasteiger partial charge in [0.25, 0.3) is 0 Å². The van der Waals surface area contributed by atoms with E-state index in [-0.39, 0.29) is 18.1 Å². The lowest BCUT2D eigenvalue weighted by Crippen LogP contribution is -2.39. The Morgan fingerprint density at radius 3 is 2.50 bits per heavy atom. The maximum absolute atomic E-state index is 9.20. The van der Waals surface area contributed by atoms with E-state index < -0.39 is 0 Å². The molecule has 2 N–H and O–H groups in total. The Labute approximate surface area is 87.1 Å². The molecule has 3 nitrogen and oxygen atoms in total. The minimum absolute atomic E-state index is 0.0527. The predicted octanol–water partition coefficient (Wildman–Crippen LogP) is 1.68. The Balaban J connectivity index is 3.95. The number of nitrogens with zero attached hydrogens (tertiary/aromatic N) is 1. The molecule has 0 aromatic rings. The first-order chi connectivity index (χ1) is 6.61. The average Bonchev–Trinajstić information content (AvgIpc) is 2.23. The van der Waals surface area contributed by atoms with Crippen LogP contribution in [-0.2, 0) is 0 Å². The third-order valence-corrected chi connectivity index (χ3v) is 2.88. The van der Waals surface area contributed by atoms with Gasteiger partial charge in [-0.1, -0.05) is 20.8 Å². The summed E-state index contributed by atoms with van der Waals surface area (Å²) in [6.45, 7) is 7.17. The smallest absolute Gasteiger partial charge is 0.0638 e. The molecule has 0 saturated heterocycles. The standard InChI is InChI=1S/C11H22N2O/c1-4-10(6-7-12)13-8-11(3,5-2)9-14/h10,13-14H,4-6,8-9H2,1-3H3. The van der Waals surface area contributed by atoms with Gasteiger partial charge in [-0.2, -0.15) is 5.26 Å². The molecule has 2 atom stereocenters. The van der Waals surface area contributed by atoms with E-state index in [9.17, 15) is 5.11 Å². The summed E-state index contributed by atoms with van der Waals surface area (Å²) in [5.74, 6) is 0. The number of nitriles is 1. The second-order valence-electron chi connectivity index (χ2n) is 4.17. The van der Waals surface area contributed by atoms with Crippen LogP contribution in [0.5, 0.6) is 0 Å². The van der Waals surface area contributed by atoms with Crippen molar-refractivity contribution >= 4 is 0 Å². The molecular formula is C11H22N2O. The van der Waals surface area contributed by atoms with Gasteiger partial charge in [-0.3, -0.25) is 0 Å². The number of aliphatic hydroxyl groups is 1. The second kappa shape index (κ2) is 6.80. The molecule has 0 fully saturated rings. The van der Waals surface area contributed by atoms with E-state index in [2.05, 4.69) is 32.2 Å². The first-order valence-corrected chi connectivity index (χ1v) is 5.33. The van der Waals surface area contributed by atoms with Gasteiger partial charge >= 0.3 is 0 Å². The number of hydrogen-bond donors (Lipinski definition) is 2. The normalized spacial score (nSPS) is 17.1. The lowest BCUT2D eigenvalue weighted by Gasteiger charge is -2.28. The van der Waals surface area contributed by atoms with E-state index in [1.807, 2.05) is 0 Å². The van der Waals surface area contributed by atoms with Crippen LogP contribution in [0.2, 0.25) is 0 Å². The maximum atomic E-state index is 9.20. The highest BCUT2D eigenvalue weighted by Gasteiger charge is 2.21. The van der Waals surface area contributed by atoms with Crippen LogP contribution < -0.4 is 5.32 Å². The van der Waals surface area contributed by atoms with E-state index in [1.54, 1.807) is 0 Å². The molecule has 0 aliphatic carbocycles. The third-order valence-electron chi connectivity index (χ3n) is 2.88. The molecule has 0 heterocycles. The van der Waals surface area contributed by atoms with Crippen molar-refractivity contribution < 1.29 is 5.11 Å². The average molecular weight is 198 g/mol. The van der Waals surface area contributed by atoms with Gasteiger partial charge in [-0.15, -0.1) is 0 Å². The van der Waals surface area contributed by atoms with Crippen molar-refractivity contribution in [3.63, 3.8) is 0 Å². The fourth-order valence-corrected chi connectivity index (χ4v) is 1.15. The Hall–Kier alpha value is -0.590. The topological polar surface area (TPSA) is 56.0 Å². The van der Waals surface area contributed by atoms with Crippen LogP contribution in [0.3, 0.4) is 0 Å². The second-order valence-corrected chi connectivity index (χ2v) is 4.17. The fourth-order valence-electron chi connectivity index (χ4n) is 1.15. The van der Waals surface area contributed by atoms with Crippen molar-refractivity contribution in [3.8, 4) is 6.07 Å². The molecule has 0 rings (SSSR count). The van der Waals surface area contributed by atoms with E-state index in [0.29, 0.717) is 6.42 Å². The van der Waals surface area contributed by atoms with Crippen LogP contribution in [0.4, 0.5) is 0 Å². The largest absolute Gasteiger partial charge is 0.396 e. The number of aliphatic hydroxyl groups excluding tert-OH is 1. The summed E-state index contributed by atoms with van der Waals surface area (Å²) in [5, 5.41) is 21.1. The molecule has 0 bridgehead atoms. The van der Waals surface area contributed by atoms with Gasteiger partial charge in [0.2, 0.25) is 0 Å². The molecular weight excluding hydrogens is 176 g/mol. The Morgan fingerprint density at radius 1 is 1.50 bits per heavy atom. The van der Waals surface area contributed by atoms with Gasteiger partial charge in [0, 0.05) is 24.6 Å². The van der Waals surface area contributed by atoms with Crippen LogP contribution >= 0.6 is 0 Å². The summed E-state index contributed by atoms with van der Waals surface area (Å²) in [6, 6.07) is 2.43. The van der Waals surface area contributed by atoms with Crippen molar-refractivity contribution in [3.05, 3.63) is 0 Å². The molecule has 0 aliphatic rings. The zero-order valence-corrected chi connectivity index (χ0v) is 9.51. The quantitative estimate of drug-likeness (QED) is 0.654. The Kier molecular flexibility index (Phi) is 6.52.